The van der Waals surface area contributed by atoms with E-state index in [0.717, 1.165) is 16.9 Å². The number of aromatic nitrogens is 1. The standard InChI is InChI=1S/C17H19ClN2O4S/c1-3-20(17(22)24-11-12-8-6-5-7-9-12)16-19-13(10-18)14(25-16)15(21)23-4-2/h5-9H,3-4,10-11H2,1-2H3. The summed E-state index contributed by atoms with van der Waals surface area (Å²) in [6, 6.07) is 9.39. The van der Waals surface area contributed by atoms with Crippen molar-refractivity contribution >= 4 is 40.1 Å². The molecule has 2 aromatic rings. The van der Waals surface area contributed by atoms with Gasteiger partial charge in [-0.05, 0) is 19.4 Å². The number of nitrogens with zero attached hydrogens (tertiary/aromatic N) is 2. The molecule has 0 N–H and O–H groups in total. The van der Waals surface area contributed by atoms with Gasteiger partial charge in [-0.15, -0.1) is 11.6 Å². The van der Waals surface area contributed by atoms with Crippen molar-refractivity contribution in [3.05, 3.63) is 46.5 Å². The average Bonchev–Trinajstić information content (AvgIpc) is 3.06. The molecular formula is C17H19ClN2O4S. The Balaban J connectivity index is 2.13. The van der Waals surface area contributed by atoms with Gasteiger partial charge in [0.05, 0.1) is 18.2 Å². The monoisotopic (exact) mass is 382 g/mol. The van der Waals surface area contributed by atoms with Crippen LogP contribution in [0.4, 0.5) is 9.93 Å². The number of hydrogen-bond donors (Lipinski definition) is 0. The Labute approximate surface area is 155 Å². The fourth-order valence-electron chi connectivity index (χ4n) is 2.04. The molecule has 0 saturated carbocycles. The van der Waals surface area contributed by atoms with Crippen LogP contribution in [0.3, 0.4) is 0 Å². The second-order valence-corrected chi connectivity index (χ2v) is 6.16. The number of esters is 1. The third kappa shape index (κ3) is 4.93. The van der Waals surface area contributed by atoms with Gasteiger partial charge in [0.2, 0.25) is 0 Å². The summed E-state index contributed by atoms with van der Waals surface area (Å²) >= 11 is 6.93. The quantitative estimate of drug-likeness (QED) is 0.529. The average molecular weight is 383 g/mol. The summed E-state index contributed by atoms with van der Waals surface area (Å²) in [5.74, 6) is -0.433. The second-order valence-electron chi connectivity index (χ2n) is 4.91. The Morgan fingerprint density at radius 2 is 1.92 bits per heavy atom. The lowest BCUT2D eigenvalue weighted by Crippen LogP contribution is -2.31. The number of benzene rings is 1. The van der Waals surface area contributed by atoms with Gasteiger partial charge in [-0.1, -0.05) is 41.7 Å². The van der Waals surface area contributed by atoms with Crippen molar-refractivity contribution in [1.82, 2.24) is 4.98 Å². The van der Waals surface area contributed by atoms with Gasteiger partial charge in [0.25, 0.3) is 0 Å². The Bertz CT molecular complexity index is 721. The molecule has 1 aromatic heterocycles. The molecule has 0 spiro atoms. The molecule has 0 radical (unpaired) electrons. The van der Waals surface area contributed by atoms with Crippen LogP contribution in [0.15, 0.2) is 30.3 Å². The third-order valence-corrected chi connectivity index (χ3v) is 4.60. The van der Waals surface area contributed by atoms with Crippen LogP contribution < -0.4 is 4.90 Å². The first-order chi connectivity index (χ1) is 12.1. The van der Waals surface area contributed by atoms with Gasteiger partial charge >= 0.3 is 12.1 Å². The first-order valence-electron chi connectivity index (χ1n) is 7.81. The molecular weight excluding hydrogens is 364 g/mol. The smallest absolute Gasteiger partial charge is 0.416 e. The Hall–Kier alpha value is -2.12. The molecule has 1 aromatic carbocycles. The molecule has 25 heavy (non-hydrogen) atoms. The Morgan fingerprint density at radius 3 is 2.52 bits per heavy atom. The molecule has 1 amide bonds. The molecule has 0 bridgehead atoms. The zero-order chi connectivity index (χ0) is 18.2. The summed E-state index contributed by atoms with van der Waals surface area (Å²) in [7, 11) is 0. The number of carbonyl (C=O) groups excluding carboxylic acids is 2. The number of ether oxygens (including phenoxy) is 2. The maximum Gasteiger partial charge on any atom is 0.416 e. The molecule has 134 valence electrons. The van der Waals surface area contributed by atoms with Crippen LogP contribution in [0, 0.1) is 0 Å². The highest BCUT2D eigenvalue weighted by atomic mass is 35.5. The van der Waals surface area contributed by atoms with Gasteiger partial charge in [0.15, 0.2) is 5.13 Å². The number of rotatable bonds is 7. The summed E-state index contributed by atoms with van der Waals surface area (Å²) in [6.07, 6.45) is -0.531. The molecule has 0 fully saturated rings. The van der Waals surface area contributed by atoms with Crippen molar-refractivity contribution in [2.45, 2.75) is 26.3 Å². The Morgan fingerprint density at radius 1 is 1.20 bits per heavy atom. The lowest BCUT2D eigenvalue weighted by atomic mass is 10.2. The van der Waals surface area contributed by atoms with E-state index >= 15 is 0 Å². The molecule has 0 atom stereocenters. The number of halogens is 1. The van der Waals surface area contributed by atoms with E-state index in [4.69, 9.17) is 21.1 Å². The molecule has 2 rings (SSSR count). The minimum absolute atomic E-state index is 0.0568. The fraction of sp³-hybridized carbons (Fsp3) is 0.353. The third-order valence-electron chi connectivity index (χ3n) is 3.25. The van der Waals surface area contributed by atoms with Crippen molar-refractivity contribution in [2.24, 2.45) is 0 Å². The van der Waals surface area contributed by atoms with Gasteiger partial charge in [0.1, 0.15) is 11.5 Å². The summed E-state index contributed by atoms with van der Waals surface area (Å²) in [5, 5.41) is 0.360. The van der Waals surface area contributed by atoms with E-state index in [1.807, 2.05) is 30.3 Å². The lowest BCUT2D eigenvalue weighted by Gasteiger charge is -2.17. The zero-order valence-electron chi connectivity index (χ0n) is 14.0. The van der Waals surface area contributed by atoms with Crippen molar-refractivity contribution in [1.29, 1.82) is 0 Å². The number of thiazole rings is 1. The van der Waals surface area contributed by atoms with Crippen LogP contribution in [0.1, 0.15) is 34.8 Å². The van der Waals surface area contributed by atoms with E-state index in [1.54, 1.807) is 13.8 Å². The second kappa shape index (κ2) is 9.39. The number of anilines is 1. The Kier molecular flexibility index (Phi) is 7.21. The van der Waals surface area contributed by atoms with Crippen LogP contribution in [0.2, 0.25) is 0 Å². The van der Waals surface area contributed by atoms with Crippen LogP contribution >= 0.6 is 22.9 Å². The van der Waals surface area contributed by atoms with Gasteiger partial charge in [-0.25, -0.2) is 14.6 Å². The summed E-state index contributed by atoms with van der Waals surface area (Å²) in [5.41, 5.74) is 1.29. The molecule has 0 aliphatic heterocycles. The number of alkyl halides is 1. The van der Waals surface area contributed by atoms with E-state index in [-0.39, 0.29) is 19.1 Å². The normalized spacial score (nSPS) is 10.4. The predicted octanol–water partition coefficient (Wildman–Crippen LogP) is 4.22. The van der Waals surface area contributed by atoms with E-state index in [0.29, 0.717) is 22.2 Å². The van der Waals surface area contributed by atoms with Crippen LogP contribution in [0.25, 0.3) is 0 Å². The zero-order valence-corrected chi connectivity index (χ0v) is 15.6. The van der Waals surface area contributed by atoms with Crippen molar-refractivity contribution < 1.29 is 19.1 Å². The van der Waals surface area contributed by atoms with Crippen molar-refractivity contribution in [2.75, 3.05) is 18.1 Å². The first-order valence-corrected chi connectivity index (χ1v) is 9.16. The highest BCUT2D eigenvalue weighted by Crippen LogP contribution is 2.29. The highest BCUT2D eigenvalue weighted by molar-refractivity contribution is 7.17. The highest BCUT2D eigenvalue weighted by Gasteiger charge is 2.25. The topological polar surface area (TPSA) is 68.7 Å². The van der Waals surface area contributed by atoms with Gasteiger partial charge in [0, 0.05) is 6.54 Å². The van der Waals surface area contributed by atoms with Gasteiger partial charge < -0.3 is 9.47 Å². The van der Waals surface area contributed by atoms with Gasteiger partial charge in [-0.3, -0.25) is 4.90 Å². The van der Waals surface area contributed by atoms with Crippen LogP contribution in [-0.2, 0) is 22.0 Å². The molecule has 0 aliphatic carbocycles. The SMILES string of the molecule is CCOC(=O)c1sc(N(CC)C(=O)OCc2ccccc2)nc1CCl. The lowest BCUT2D eigenvalue weighted by molar-refractivity contribution is 0.0531. The number of amides is 1. The summed E-state index contributed by atoms with van der Waals surface area (Å²) in [6.45, 7) is 4.29. The van der Waals surface area contributed by atoms with Crippen LogP contribution in [-0.4, -0.2) is 30.2 Å². The van der Waals surface area contributed by atoms with Crippen molar-refractivity contribution in [3.63, 3.8) is 0 Å². The molecule has 0 saturated heterocycles. The number of hydrogen-bond acceptors (Lipinski definition) is 6. The first kappa shape index (κ1) is 19.2. The predicted molar refractivity (Wildman–Crippen MR) is 97.3 cm³/mol. The summed E-state index contributed by atoms with van der Waals surface area (Å²) < 4.78 is 10.3. The largest absolute Gasteiger partial charge is 0.462 e. The molecule has 1 heterocycles. The van der Waals surface area contributed by atoms with Crippen LogP contribution in [0.5, 0.6) is 0 Å². The minimum atomic E-state index is -0.531. The maximum atomic E-state index is 12.4. The summed E-state index contributed by atoms with van der Waals surface area (Å²) in [4.78, 5) is 30.3. The maximum absolute atomic E-state index is 12.4. The van der Waals surface area contributed by atoms with E-state index in [9.17, 15) is 9.59 Å². The minimum Gasteiger partial charge on any atom is -0.462 e. The van der Waals surface area contributed by atoms with Crippen molar-refractivity contribution in [3.8, 4) is 0 Å². The number of carbonyl (C=O) groups is 2. The van der Waals surface area contributed by atoms with E-state index in [2.05, 4.69) is 4.98 Å². The fourth-order valence-corrected chi connectivity index (χ4v) is 3.34. The molecule has 0 unspecified atom stereocenters. The molecule has 8 heteroatoms. The van der Waals surface area contributed by atoms with E-state index in [1.165, 1.54) is 4.90 Å². The molecule has 6 nitrogen and oxygen atoms in total. The van der Waals surface area contributed by atoms with E-state index < -0.39 is 12.1 Å². The molecule has 0 aliphatic rings. The van der Waals surface area contributed by atoms with Gasteiger partial charge in [-0.2, -0.15) is 0 Å².